The van der Waals surface area contributed by atoms with Crippen molar-refractivity contribution in [2.45, 2.75) is 18.8 Å². The van der Waals surface area contributed by atoms with E-state index in [0.29, 0.717) is 11.9 Å². The predicted molar refractivity (Wildman–Crippen MR) is 98.9 cm³/mol. The van der Waals surface area contributed by atoms with Crippen molar-refractivity contribution in [2.24, 2.45) is 0 Å². The summed E-state index contributed by atoms with van der Waals surface area (Å²) in [7, 11) is 0. The van der Waals surface area contributed by atoms with Crippen LogP contribution in [0.15, 0.2) is 48.9 Å². The number of nitrogens with one attached hydrogen (secondary N) is 1. The molecule has 3 aromatic rings. The van der Waals surface area contributed by atoms with Crippen LogP contribution in [0.1, 0.15) is 27.2 Å². The summed E-state index contributed by atoms with van der Waals surface area (Å²) in [5.41, 5.74) is -2.01. The van der Waals surface area contributed by atoms with E-state index in [1.807, 2.05) is 0 Å². The van der Waals surface area contributed by atoms with E-state index in [1.54, 1.807) is 0 Å². The van der Waals surface area contributed by atoms with Gasteiger partial charge in [0, 0.05) is 19.2 Å². The van der Waals surface area contributed by atoms with E-state index in [-0.39, 0.29) is 23.7 Å². The molecule has 0 aliphatic heterocycles. The van der Waals surface area contributed by atoms with Gasteiger partial charge in [0.2, 0.25) is 0 Å². The standard InChI is InChI=1S/C19H13ClF6N4O/c20-15-7-12(30-10-11(8-29-30)18(21,22)23)9-28-16(15)5-6-27-17(31)13-3-1-2-4-14(13)19(24,25)26/h1-4,7-10H,5-6H2,(H,27,31). The van der Waals surface area contributed by atoms with Crippen LogP contribution in [0.4, 0.5) is 26.3 Å². The van der Waals surface area contributed by atoms with Gasteiger partial charge in [0.15, 0.2) is 0 Å². The Morgan fingerprint density at radius 2 is 1.77 bits per heavy atom. The molecule has 0 radical (unpaired) electrons. The minimum atomic E-state index is -4.67. The van der Waals surface area contributed by atoms with Crippen molar-refractivity contribution in [3.63, 3.8) is 0 Å². The highest BCUT2D eigenvalue weighted by molar-refractivity contribution is 6.31. The monoisotopic (exact) mass is 462 g/mol. The number of hydrogen-bond acceptors (Lipinski definition) is 3. The number of benzene rings is 1. The summed E-state index contributed by atoms with van der Waals surface area (Å²) in [6, 6.07) is 5.73. The van der Waals surface area contributed by atoms with Crippen molar-refractivity contribution in [1.29, 1.82) is 0 Å². The second-order valence-corrected chi connectivity index (χ2v) is 6.75. The van der Waals surface area contributed by atoms with Gasteiger partial charge < -0.3 is 5.32 Å². The first-order valence-corrected chi connectivity index (χ1v) is 9.05. The summed E-state index contributed by atoms with van der Waals surface area (Å²) in [5, 5.41) is 6.10. The normalized spacial score (nSPS) is 12.1. The SMILES string of the molecule is O=C(NCCc1ncc(-n2cc(C(F)(F)F)cn2)cc1Cl)c1ccccc1C(F)(F)F. The largest absolute Gasteiger partial charge is 0.419 e. The second-order valence-electron chi connectivity index (χ2n) is 6.34. The van der Waals surface area contributed by atoms with E-state index in [1.165, 1.54) is 24.4 Å². The molecule has 2 aromatic heterocycles. The van der Waals surface area contributed by atoms with Crippen molar-refractivity contribution in [2.75, 3.05) is 6.54 Å². The number of carbonyl (C=O) groups is 1. The zero-order valence-electron chi connectivity index (χ0n) is 15.4. The van der Waals surface area contributed by atoms with Gasteiger partial charge >= 0.3 is 12.4 Å². The molecule has 2 heterocycles. The van der Waals surface area contributed by atoms with Gasteiger partial charge in [-0.1, -0.05) is 23.7 Å². The van der Waals surface area contributed by atoms with Crippen LogP contribution in [0.2, 0.25) is 5.02 Å². The Kier molecular flexibility index (Phi) is 6.25. The van der Waals surface area contributed by atoms with E-state index in [2.05, 4.69) is 15.4 Å². The lowest BCUT2D eigenvalue weighted by molar-refractivity contribution is -0.138. The molecule has 12 heteroatoms. The lowest BCUT2D eigenvalue weighted by Gasteiger charge is -2.13. The Balaban J connectivity index is 1.66. The molecule has 164 valence electrons. The lowest BCUT2D eigenvalue weighted by atomic mass is 10.1. The zero-order chi connectivity index (χ0) is 22.8. The van der Waals surface area contributed by atoms with Crippen LogP contribution in [0, 0.1) is 0 Å². The van der Waals surface area contributed by atoms with Crippen LogP contribution < -0.4 is 5.32 Å². The molecule has 0 aliphatic carbocycles. The highest BCUT2D eigenvalue weighted by atomic mass is 35.5. The molecule has 0 aliphatic rings. The van der Waals surface area contributed by atoms with Gasteiger partial charge in [-0.2, -0.15) is 31.4 Å². The van der Waals surface area contributed by atoms with Crippen LogP contribution >= 0.6 is 11.6 Å². The van der Waals surface area contributed by atoms with E-state index in [4.69, 9.17) is 11.6 Å². The molecule has 0 bridgehead atoms. The van der Waals surface area contributed by atoms with Gasteiger partial charge in [-0.15, -0.1) is 0 Å². The topological polar surface area (TPSA) is 59.8 Å². The third-order valence-electron chi connectivity index (χ3n) is 4.20. The number of aromatic nitrogens is 3. The Bertz CT molecular complexity index is 1090. The summed E-state index contributed by atoms with van der Waals surface area (Å²) >= 11 is 6.11. The predicted octanol–water partition coefficient (Wildman–Crippen LogP) is 4.93. The van der Waals surface area contributed by atoms with E-state index >= 15 is 0 Å². The van der Waals surface area contributed by atoms with Crippen LogP contribution in [0.3, 0.4) is 0 Å². The number of alkyl halides is 6. The van der Waals surface area contributed by atoms with Gasteiger partial charge in [-0.05, 0) is 18.2 Å². The number of halogens is 7. The highest BCUT2D eigenvalue weighted by Gasteiger charge is 2.35. The first-order chi connectivity index (χ1) is 14.5. The molecule has 0 fully saturated rings. The maximum atomic E-state index is 13.0. The van der Waals surface area contributed by atoms with Crippen molar-refractivity contribution in [1.82, 2.24) is 20.1 Å². The van der Waals surface area contributed by atoms with Crippen molar-refractivity contribution in [3.05, 3.63) is 76.3 Å². The maximum Gasteiger partial charge on any atom is 0.419 e. The summed E-state index contributed by atoms with van der Waals surface area (Å²) in [6.45, 7) is -0.0584. The Hall–Kier alpha value is -3.08. The smallest absolute Gasteiger partial charge is 0.352 e. The molecule has 1 N–H and O–H groups in total. The van der Waals surface area contributed by atoms with Crippen molar-refractivity contribution < 1.29 is 31.1 Å². The Morgan fingerprint density at radius 3 is 2.39 bits per heavy atom. The number of nitrogens with zero attached hydrogens (tertiary/aromatic N) is 3. The molecule has 5 nitrogen and oxygen atoms in total. The van der Waals surface area contributed by atoms with E-state index in [0.717, 1.165) is 23.0 Å². The van der Waals surface area contributed by atoms with Crippen LogP contribution in [0.5, 0.6) is 0 Å². The summed E-state index contributed by atoms with van der Waals surface area (Å²) in [5.74, 6) is -0.906. The second kappa shape index (κ2) is 8.58. The fourth-order valence-electron chi connectivity index (χ4n) is 2.69. The molecule has 1 aromatic carbocycles. The molecule has 31 heavy (non-hydrogen) atoms. The van der Waals surface area contributed by atoms with Gasteiger partial charge in [0.05, 0.1) is 45.5 Å². The fourth-order valence-corrected chi connectivity index (χ4v) is 2.95. The molecule has 0 saturated heterocycles. The molecular weight excluding hydrogens is 450 g/mol. The van der Waals surface area contributed by atoms with Gasteiger partial charge in [0.1, 0.15) is 0 Å². The minimum absolute atomic E-state index is 0.0584. The van der Waals surface area contributed by atoms with Gasteiger partial charge in [0.25, 0.3) is 5.91 Å². The summed E-state index contributed by atoms with van der Waals surface area (Å²) in [6.07, 6.45) is -6.44. The van der Waals surface area contributed by atoms with Crippen LogP contribution in [-0.4, -0.2) is 27.2 Å². The summed E-state index contributed by atoms with van der Waals surface area (Å²) in [4.78, 5) is 16.2. The molecule has 0 unspecified atom stereocenters. The van der Waals surface area contributed by atoms with Crippen molar-refractivity contribution >= 4 is 17.5 Å². The van der Waals surface area contributed by atoms with E-state index < -0.39 is 35.0 Å². The summed E-state index contributed by atoms with van der Waals surface area (Å²) < 4.78 is 78.1. The van der Waals surface area contributed by atoms with E-state index in [9.17, 15) is 31.1 Å². The highest BCUT2D eigenvalue weighted by Crippen LogP contribution is 2.32. The molecule has 3 rings (SSSR count). The lowest BCUT2D eigenvalue weighted by Crippen LogP contribution is -2.28. The third kappa shape index (κ3) is 5.35. The molecule has 0 atom stereocenters. The van der Waals surface area contributed by atoms with Crippen LogP contribution in [-0.2, 0) is 18.8 Å². The van der Waals surface area contributed by atoms with Gasteiger partial charge in [-0.25, -0.2) is 4.68 Å². The zero-order valence-corrected chi connectivity index (χ0v) is 16.2. The van der Waals surface area contributed by atoms with Gasteiger partial charge in [-0.3, -0.25) is 9.78 Å². The first-order valence-electron chi connectivity index (χ1n) is 8.68. The first kappa shape index (κ1) is 22.6. The minimum Gasteiger partial charge on any atom is -0.352 e. The molecular formula is C19H13ClF6N4O. The maximum absolute atomic E-state index is 13.0. The number of amides is 1. The average Bonchev–Trinajstić information content (AvgIpc) is 3.19. The number of hydrogen-bond donors (Lipinski definition) is 1. The Labute approximate surface area is 176 Å². The quantitative estimate of drug-likeness (QED) is 0.547. The molecule has 0 spiro atoms. The van der Waals surface area contributed by atoms with Crippen molar-refractivity contribution in [3.8, 4) is 5.69 Å². The molecule has 1 amide bonds. The average molecular weight is 463 g/mol. The number of carbonyl (C=O) groups excluding carboxylic acids is 1. The third-order valence-corrected chi connectivity index (χ3v) is 4.53. The number of rotatable bonds is 5. The Morgan fingerprint density at radius 1 is 1.06 bits per heavy atom. The van der Waals surface area contributed by atoms with Crippen LogP contribution in [0.25, 0.3) is 5.69 Å². The molecule has 0 saturated carbocycles. The fraction of sp³-hybridized carbons (Fsp3) is 0.211. The number of pyridine rings is 1.